The van der Waals surface area contributed by atoms with Crippen molar-refractivity contribution in [2.45, 2.75) is 63.7 Å². The molecule has 5 fully saturated rings. The van der Waals surface area contributed by atoms with Gasteiger partial charge >= 0.3 is 6.18 Å². The highest BCUT2D eigenvalue weighted by Crippen LogP contribution is 2.54. The summed E-state index contributed by atoms with van der Waals surface area (Å²) in [5, 5.41) is 3.20. The van der Waals surface area contributed by atoms with Gasteiger partial charge < -0.3 is 20.0 Å². The van der Waals surface area contributed by atoms with Crippen LogP contribution >= 0.6 is 0 Å². The van der Waals surface area contributed by atoms with Crippen molar-refractivity contribution in [2.24, 2.45) is 11.3 Å². The Morgan fingerprint density at radius 1 is 1.14 bits per heavy atom. The normalized spacial score (nSPS) is 30.1. The van der Waals surface area contributed by atoms with Crippen molar-refractivity contribution in [2.75, 3.05) is 44.2 Å². The zero-order valence-corrected chi connectivity index (χ0v) is 20.2. The maximum Gasteiger partial charge on any atom is 0.403 e. The summed E-state index contributed by atoms with van der Waals surface area (Å²) in [6.45, 7) is 5.76. The molecule has 0 spiro atoms. The van der Waals surface area contributed by atoms with Crippen LogP contribution in [-0.2, 0) is 4.79 Å². The van der Waals surface area contributed by atoms with Gasteiger partial charge in [-0.1, -0.05) is 13.3 Å². The van der Waals surface area contributed by atoms with Crippen molar-refractivity contribution in [3.63, 3.8) is 0 Å². The molecule has 1 N–H and O–H groups in total. The standard InChI is InChI=1S/C25H34F3N5O2/c1-2-18-15-32(23(35)24(8-4-9-24)25(26,27)28)13-14-33(18)20-5-3-10-29-21(20)22(34)30-19-16-31-11-6-17(19)7-12-31/h3,5,10,17-19H,2,4,6-9,11-16H2,1H3,(H,30,34)/t18-,19-/m1/s1. The first kappa shape index (κ1) is 24.3. The minimum absolute atomic E-state index is 0.109. The van der Waals surface area contributed by atoms with Crippen molar-refractivity contribution in [1.82, 2.24) is 20.1 Å². The number of carbonyl (C=O) groups is 2. The van der Waals surface area contributed by atoms with Crippen molar-refractivity contribution < 1.29 is 22.8 Å². The molecule has 2 amide bonds. The fourth-order valence-corrected chi connectivity index (χ4v) is 6.33. The van der Waals surface area contributed by atoms with Gasteiger partial charge in [-0.2, -0.15) is 13.2 Å². The molecule has 35 heavy (non-hydrogen) atoms. The molecule has 0 radical (unpaired) electrons. The van der Waals surface area contributed by atoms with Gasteiger partial charge in [0.15, 0.2) is 5.69 Å². The van der Waals surface area contributed by atoms with Gasteiger partial charge in [0.05, 0.1) is 5.69 Å². The lowest BCUT2D eigenvalue weighted by Gasteiger charge is -2.49. The minimum Gasteiger partial charge on any atom is -0.363 e. The highest BCUT2D eigenvalue weighted by molar-refractivity contribution is 5.98. The van der Waals surface area contributed by atoms with E-state index < -0.39 is 17.5 Å². The number of aromatic nitrogens is 1. The van der Waals surface area contributed by atoms with E-state index in [2.05, 4.69) is 15.2 Å². The third-order valence-electron chi connectivity index (χ3n) is 8.68. The number of hydrogen-bond donors (Lipinski definition) is 1. The summed E-state index contributed by atoms with van der Waals surface area (Å²) < 4.78 is 41.3. The second-order valence-corrected chi connectivity index (χ2v) is 10.5. The fraction of sp³-hybridized carbons (Fsp3) is 0.720. The van der Waals surface area contributed by atoms with Gasteiger partial charge in [-0.3, -0.25) is 9.59 Å². The minimum atomic E-state index is -4.52. The summed E-state index contributed by atoms with van der Waals surface area (Å²) in [7, 11) is 0. The Hall–Kier alpha value is -2.36. The molecule has 4 saturated heterocycles. The molecule has 2 atom stereocenters. The SMILES string of the molecule is CC[C@@H]1CN(C(=O)C2(C(F)(F)F)CCC2)CCN1c1cccnc1C(=O)N[C@@H]1CN2CCC1CC2. The van der Waals surface area contributed by atoms with E-state index in [1.807, 2.05) is 17.9 Å². The van der Waals surface area contributed by atoms with Gasteiger partial charge in [-0.25, -0.2) is 4.98 Å². The largest absolute Gasteiger partial charge is 0.403 e. The van der Waals surface area contributed by atoms with Crippen LogP contribution in [0.25, 0.3) is 0 Å². The summed E-state index contributed by atoms with van der Waals surface area (Å²) >= 11 is 0. The van der Waals surface area contributed by atoms with Crippen molar-refractivity contribution in [1.29, 1.82) is 0 Å². The van der Waals surface area contributed by atoms with E-state index in [4.69, 9.17) is 0 Å². The molecule has 4 aliphatic heterocycles. The Kier molecular flexibility index (Phi) is 6.44. The molecule has 5 aliphatic rings. The van der Waals surface area contributed by atoms with E-state index in [1.165, 1.54) is 4.90 Å². The third-order valence-corrected chi connectivity index (χ3v) is 8.68. The number of piperazine rings is 1. The molecule has 1 aromatic heterocycles. The average molecular weight is 494 g/mol. The molecule has 1 saturated carbocycles. The molecule has 0 aromatic carbocycles. The zero-order chi connectivity index (χ0) is 24.8. The molecular formula is C25H34F3N5O2. The van der Waals surface area contributed by atoms with E-state index >= 15 is 0 Å². The number of hydrogen-bond acceptors (Lipinski definition) is 5. The molecule has 0 unspecified atom stereocenters. The Morgan fingerprint density at radius 3 is 2.46 bits per heavy atom. The van der Waals surface area contributed by atoms with E-state index in [0.717, 1.165) is 32.5 Å². The first-order valence-electron chi connectivity index (χ1n) is 12.8. The van der Waals surface area contributed by atoms with Crippen LogP contribution in [0.1, 0.15) is 55.9 Å². The number of halogens is 3. The summed E-state index contributed by atoms with van der Waals surface area (Å²) in [5.41, 5.74) is -1.20. The van der Waals surface area contributed by atoms with Crippen LogP contribution in [0.15, 0.2) is 18.3 Å². The summed E-state index contributed by atoms with van der Waals surface area (Å²) in [6.07, 6.45) is 0.0667. The Balaban J connectivity index is 1.31. The smallest absolute Gasteiger partial charge is 0.363 e. The first-order chi connectivity index (χ1) is 16.7. The lowest BCUT2D eigenvalue weighted by Crippen LogP contribution is -2.62. The topological polar surface area (TPSA) is 68.8 Å². The number of anilines is 1. The molecule has 10 heteroatoms. The first-order valence-corrected chi connectivity index (χ1v) is 12.8. The number of amides is 2. The number of nitrogens with zero attached hydrogens (tertiary/aromatic N) is 4. The number of carbonyl (C=O) groups excluding carboxylic acids is 2. The van der Waals surface area contributed by atoms with E-state index in [1.54, 1.807) is 12.3 Å². The van der Waals surface area contributed by atoms with Gasteiger partial charge in [0.25, 0.3) is 5.91 Å². The van der Waals surface area contributed by atoms with Gasteiger partial charge in [-0.15, -0.1) is 0 Å². The van der Waals surface area contributed by atoms with Crippen LogP contribution in [0, 0.1) is 11.3 Å². The molecule has 5 heterocycles. The van der Waals surface area contributed by atoms with Crippen LogP contribution in [0.3, 0.4) is 0 Å². The number of rotatable bonds is 5. The summed E-state index contributed by atoms with van der Waals surface area (Å²) in [5.74, 6) is -0.513. The molecule has 1 aromatic rings. The summed E-state index contributed by atoms with van der Waals surface area (Å²) in [4.78, 5) is 36.5. The van der Waals surface area contributed by atoms with E-state index in [-0.39, 0.29) is 43.9 Å². The molecule has 2 bridgehead atoms. The highest BCUT2D eigenvalue weighted by Gasteiger charge is 2.64. The quantitative estimate of drug-likeness (QED) is 0.683. The van der Waals surface area contributed by atoms with Gasteiger partial charge in [-0.05, 0) is 63.2 Å². The lowest BCUT2D eigenvalue weighted by atomic mass is 9.67. The van der Waals surface area contributed by atoms with Gasteiger partial charge in [0.1, 0.15) is 5.41 Å². The molecular weight excluding hydrogens is 459 g/mol. The molecule has 192 valence electrons. The maximum atomic E-state index is 13.8. The van der Waals surface area contributed by atoms with E-state index in [9.17, 15) is 22.8 Å². The Labute approximate surface area is 204 Å². The average Bonchev–Trinajstić information content (AvgIpc) is 2.82. The predicted octanol–water partition coefficient (Wildman–Crippen LogP) is 3.07. The van der Waals surface area contributed by atoms with Crippen LogP contribution in [0.2, 0.25) is 0 Å². The van der Waals surface area contributed by atoms with Crippen LogP contribution in [-0.4, -0.2) is 84.1 Å². The second-order valence-electron chi connectivity index (χ2n) is 10.5. The fourth-order valence-electron chi connectivity index (χ4n) is 6.33. The predicted molar refractivity (Wildman–Crippen MR) is 125 cm³/mol. The summed E-state index contributed by atoms with van der Waals surface area (Å²) in [6, 6.07) is 3.54. The Bertz CT molecular complexity index is 959. The van der Waals surface area contributed by atoms with Gasteiger partial charge in [0, 0.05) is 44.5 Å². The van der Waals surface area contributed by atoms with Crippen LogP contribution in [0.5, 0.6) is 0 Å². The van der Waals surface area contributed by atoms with Gasteiger partial charge in [0.2, 0.25) is 5.91 Å². The third kappa shape index (κ3) is 4.27. The molecule has 7 nitrogen and oxygen atoms in total. The monoisotopic (exact) mass is 493 g/mol. The van der Waals surface area contributed by atoms with E-state index in [0.29, 0.717) is 36.7 Å². The lowest BCUT2D eigenvalue weighted by molar-refractivity contribution is -0.248. The molecule has 6 rings (SSSR count). The number of piperidine rings is 3. The van der Waals surface area contributed by atoms with Crippen molar-refractivity contribution in [3.8, 4) is 0 Å². The van der Waals surface area contributed by atoms with Crippen molar-refractivity contribution in [3.05, 3.63) is 24.0 Å². The Morgan fingerprint density at radius 2 is 1.89 bits per heavy atom. The van der Waals surface area contributed by atoms with Crippen LogP contribution in [0.4, 0.5) is 18.9 Å². The highest BCUT2D eigenvalue weighted by atomic mass is 19.4. The van der Waals surface area contributed by atoms with Crippen LogP contribution < -0.4 is 10.2 Å². The number of fused-ring (bicyclic) bond motifs is 3. The number of alkyl halides is 3. The number of nitrogens with one attached hydrogen (secondary N) is 1. The van der Waals surface area contributed by atoms with Crippen molar-refractivity contribution >= 4 is 17.5 Å². The zero-order valence-electron chi connectivity index (χ0n) is 20.2. The maximum absolute atomic E-state index is 13.8. The molecule has 1 aliphatic carbocycles. The second kappa shape index (κ2) is 9.26. The number of pyridine rings is 1.